The highest BCUT2D eigenvalue weighted by molar-refractivity contribution is 6.12. The molecule has 0 fully saturated rings. The van der Waals surface area contributed by atoms with Crippen molar-refractivity contribution in [2.24, 2.45) is 0 Å². The Morgan fingerprint density at radius 2 is 0.951 bits per heavy atom. The van der Waals surface area contributed by atoms with Crippen LogP contribution in [0, 0.1) is 0 Å². The van der Waals surface area contributed by atoms with Crippen LogP contribution >= 0.6 is 0 Å². The van der Waals surface area contributed by atoms with E-state index >= 15 is 0 Å². The predicted molar refractivity (Wildman–Crippen MR) is 250 cm³/mol. The number of aromatic nitrogens is 1. The summed E-state index contributed by atoms with van der Waals surface area (Å²) in [6, 6.07) is 76.0. The highest BCUT2D eigenvalue weighted by Gasteiger charge is 2.53. The average molecular weight is 781 g/mol. The number of fused-ring (bicyclic) bond motifs is 14. The molecular formula is C58H40N2O. The van der Waals surface area contributed by atoms with Gasteiger partial charge >= 0.3 is 0 Å². The number of rotatable bonds is 3. The van der Waals surface area contributed by atoms with Crippen molar-refractivity contribution < 1.29 is 4.74 Å². The first-order valence-corrected chi connectivity index (χ1v) is 21.3. The van der Waals surface area contributed by atoms with E-state index in [2.05, 4.69) is 230 Å². The van der Waals surface area contributed by atoms with Gasteiger partial charge in [0.05, 0.1) is 27.8 Å². The first kappa shape index (κ1) is 34.3. The van der Waals surface area contributed by atoms with Crippen LogP contribution in [-0.2, 0) is 10.8 Å². The number of hydrogen-bond donors (Lipinski definition) is 0. The minimum absolute atomic E-state index is 0.210. The molecule has 61 heavy (non-hydrogen) atoms. The van der Waals surface area contributed by atoms with Gasteiger partial charge in [-0.05, 0) is 105 Å². The normalized spacial score (nSPS) is 14.8. The van der Waals surface area contributed by atoms with Crippen LogP contribution in [0.1, 0.15) is 47.2 Å². The molecule has 0 N–H and O–H groups in total. The summed E-state index contributed by atoms with van der Waals surface area (Å²) < 4.78 is 9.35. The summed E-state index contributed by atoms with van der Waals surface area (Å²) in [7, 11) is 0. The third-order valence-electron chi connectivity index (χ3n) is 13.8. The zero-order chi connectivity index (χ0) is 40.5. The maximum Gasteiger partial charge on any atom is 0.132 e. The Labute approximate surface area is 355 Å². The topological polar surface area (TPSA) is 17.4 Å². The van der Waals surface area contributed by atoms with Gasteiger partial charge in [-0.2, -0.15) is 0 Å². The monoisotopic (exact) mass is 780 g/mol. The summed E-state index contributed by atoms with van der Waals surface area (Å²) in [6.45, 7) is 4.78. The Bertz CT molecular complexity index is 3370. The largest absolute Gasteiger partial charge is 0.457 e. The van der Waals surface area contributed by atoms with Crippen molar-refractivity contribution in [3.8, 4) is 39.4 Å². The molecule has 1 aliphatic carbocycles. The van der Waals surface area contributed by atoms with Gasteiger partial charge in [-0.15, -0.1) is 0 Å². The first-order chi connectivity index (χ1) is 30.0. The van der Waals surface area contributed by atoms with Crippen LogP contribution in [0.15, 0.2) is 206 Å². The molecule has 0 saturated heterocycles. The quantitative estimate of drug-likeness (QED) is 0.178. The van der Waals surface area contributed by atoms with Crippen LogP contribution in [0.2, 0.25) is 0 Å². The van der Waals surface area contributed by atoms with E-state index in [9.17, 15) is 0 Å². The van der Waals surface area contributed by atoms with Crippen molar-refractivity contribution in [2.45, 2.75) is 24.7 Å². The molecule has 288 valence electrons. The molecule has 0 amide bonds. The molecule has 3 nitrogen and oxygen atoms in total. The molecule has 3 aliphatic rings. The Hall–Kier alpha value is -7.62. The lowest BCUT2D eigenvalue weighted by Crippen LogP contribution is -2.40. The molecule has 0 saturated carbocycles. The molecule has 9 aromatic carbocycles. The summed E-state index contributed by atoms with van der Waals surface area (Å²) in [5, 5.41) is 2.43. The summed E-state index contributed by atoms with van der Waals surface area (Å²) in [5.74, 6) is 1.76. The second kappa shape index (κ2) is 12.5. The molecule has 0 bridgehead atoms. The standard InChI is InChI=1S/C58H40N2O/c1-57(2)45-23-11-9-21-41(45)43-33-53-49(35-48(43)57)58(46-24-12-15-27-55(46)61-56-28-16-13-25-47(56)58)50-36-52-44(42-22-10-14-26-51(42)59(52)39-19-7-4-8-20-39)34-54(50)60(53)40-31-29-38(30-32-40)37-17-5-3-6-18-37/h3-36H,1-2H3. The number of hydrogen-bond acceptors (Lipinski definition) is 2. The molecule has 0 atom stereocenters. The minimum atomic E-state index is -0.734. The van der Waals surface area contributed by atoms with Gasteiger partial charge < -0.3 is 14.2 Å². The van der Waals surface area contributed by atoms with Gasteiger partial charge in [0.15, 0.2) is 0 Å². The lowest BCUT2D eigenvalue weighted by Gasteiger charge is -2.49. The summed E-state index contributed by atoms with van der Waals surface area (Å²) in [5.41, 5.74) is 18.4. The van der Waals surface area contributed by atoms with Crippen molar-refractivity contribution >= 4 is 38.9 Å². The van der Waals surface area contributed by atoms with E-state index in [4.69, 9.17) is 4.74 Å². The number of para-hydroxylation sites is 4. The second-order valence-corrected chi connectivity index (χ2v) is 17.3. The summed E-state index contributed by atoms with van der Waals surface area (Å²) in [4.78, 5) is 2.55. The highest BCUT2D eigenvalue weighted by atomic mass is 16.5. The fourth-order valence-corrected chi connectivity index (χ4v) is 11.1. The number of nitrogens with zero attached hydrogens (tertiary/aromatic N) is 2. The molecule has 10 aromatic rings. The highest BCUT2D eigenvalue weighted by Crippen LogP contribution is 2.65. The van der Waals surface area contributed by atoms with Crippen molar-refractivity contribution in [3.05, 3.63) is 240 Å². The van der Waals surface area contributed by atoms with Gasteiger partial charge in [-0.1, -0.05) is 159 Å². The van der Waals surface area contributed by atoms with E-state index in [1.54, 1.807) is 0 Å². The predicted octanol–water partition coefficient (Wildman–Crippen LogP) is 15.0. The fourth-order valence-electron chi connectivity index (χ4n) is 11.1. The Morgan fingerprint density at radius 1 is 0.377 bits per heavy atom. The maximum absolute atomic E-state index is 6.90. The fraction of sp³-hybridized carbons (Fsp3) is 0.0690. The molecule has 3 heteroatoms. The molecular weight excluding hydrogens is 741 g/mol. The Kier molecular flexibility index (Phi) is 6.99. The molecule has 1 aromatic heterocycles. The zero-order valence-corrected chi connectivity index (χ0v) is 33.9. The van der Waals surface area contributed by atoms with Gasteiger partial charge in [-0.3, -0.25) is 0 Å². The van der Waals surface area contributed by atoms with Gasteiger partial charge in [0.25, 0.3) is 0 Å². The Morgan fingerprint density at radius 3 is 1.69 bits per heavy atom. The number of ether oxygens (including phenoxy) is 1. The third kappa shape index (κ3) is 4.58. The molecule has 3 heterocycles. The summed E-state index contributed by atoms with van der Waals surface area (Å²) in [6.07, 6.45) is 0. The molecule has 0 unspecified atom stereocenters. The van der Waals surface area contributed by atoms with Crippen LogP contribution in [0.25, 0.3) is 49.7 Å². The first-order valence-electron chi connectivity index (χ1n) is 21.3. The van der Waals surface area contributed by atoms with Crippen molar-refractivity contribution in [1.82, 2.24) is 4.57 Å². The molecule has 2 aliphatic heterocycles. The SMILES string of the molecule is CC1(C)c2ccccc2-c2cc3c(cc21)C1(c2ccccc2Oc2ccccc21)c1cc2c(cc1N3c1ccc(-c3ccccc3)cc1)c1ccccc1n2-c1ccccc1. The van der Waals surface area contributed by atoms with Crippen LogP contribution < -0.4 is 9.64 Å². The molecule has 13 rings (SSSR count). The van der Waals surface area contributed by atoms with E-state index in [1.807, 2.05) is 0 Å². The summed E-state index contributed by atoms with van der Waals surface area (Å²) >= 11 is 0. The van der Waals surface area contributed by atoms with Crippen molar-refractivity contribution in [2.75, 3.05) is 4.90 Å². The second-order valence-electron chi connectivity index (χ2n) is 17.3. The molecule has 1 spiro atoms. The molecule has 0 radical (unpaired) electrons. The van der Waals surface area contributed by atoms with Crippen LogP contribution in [0.3, 0.4) is 0 Å². The lowest BCUT2D eigenvalue weighted by atomic mass is 9.60. The maximum atomic E-state index is 6.90. The van der Waals surface area contributed by atoms with E-state index in [1.165, 1.54) is 72.0 Å². The van der Waals surface area contributed by atoms with Gasteiger partial charge in [0.2, 0.25) is 0 Å². The Balaban J connectivity index is 1.22. The van der Waals surface area contributed by atoms with E-state index < -0.39 is 5.41 Å². The lowest BCUT2D eigenvalue weighted by molar-refractivity contribution is 0.434. The van der Waals surface area contributed by atoms with E-state index in [0.29, 0.717) is 0 Å². The van der Waals surface area contributed by atoms with Gasteiger partial charge in [-0.25, -0.2) is 0 Å². The van der Waals surface area contributed by atoms with Crippen molar-refractivity contribution in [3.63, 3.8) is 0 Å². The van der Waals surface area contributed by atoms with Crippen LogP contribution in [0.4, 0.5) is 17.1 Å². The zero-order valence-electron chi connectivity index (χ0n) is 33.9. The number of anilines is 3. The minimum Gasteiger partial charge on any atom is -0.457 e. The van der Waals surface area contributed by atoms with Gasteiger partial charge in [0.1, 0.15) is 11.5 Å². The van der Waals surface area contributed by atoms with E-state index in [-0.39, 0.29) is 5.41 Å². The smallest absolute Gasteiger partial charge is 0.132 e. The van der Waals surface area contributed by atoms with Gasteiger partial charge in [0, 0.05) is 38.7 Å². The average Bonchev–Trinajstić information content (AvgIpc) is 3.75. The van der Waals surface area contributed by atoms with E-state index in [0.717, 1.165) is 39.7 Å². The third-order valence-corrected chi connectivity index (χ3v) is 13.8. The van der Waals surface area contributed by atoms with Crippen molar-refractivity contribution in [1.29, 1.82) is 0 Å². The number of benzene rings is 9. The van der Waals surface area contributed by atoms with Crippen LogP contribution in [-0.4, -0.2) is 4.57 Å². The van der Waals surface area contributed by atoms with Crippen LogP contribution in [0.5, 0.6) is 11.5 Å².